The fourth-order valence-electron chi connectivity index (χ4n) is 1.88. The van der Waals surface area contributed by atoms with E-state index in [0.717, 1.165) is 0 Å². The lowest BCUT2D eigenvalue weighted by Gasteiger charge is -2.30. The molecule has 0 saturated carbocycles. The van der Waals surface area contributed by atoms with Gasteiger partial charge in [0.15, 0.2) is 0 Å². The lowest BCUT2D eigenvalue weighted by Crippen LogP contribution is -2.42. The lowest BCUT2D eigenvalue weighted by atomic mass is 9.92. The third-order valence-corrected chi connectivity index (χ3v) is 2.92. The Kier molecular flexibility index (Phi) is 5.92. The molecule has 0 spiro atoms. The van der Waals surface area contributed by atoms with Crippen LogP contribution in [0.3, 0.4) is 0 Å². The Bertz CT molecular complexity index is 294. The summed E-state index contributed by atoms with van der Waals surface area (Å²) < 4.78 is 0. The zero-order valence-electron chi connectivity index (χ0n) is 10.7. The van der Waals surface area contributed by atoms with E-state index in [0.29, 0.717) is 26.1 Å². The Hall–Kier alpha value is -0.810. The SMILES string of the molecule is CN(CC(C)(C)CN)C(=O)C1CNC(=O)C1.Cl. The normalized spacial score (nSPS) is 19.5. The molecule has 1 unspecified atom stereocenters. The monoisotopic (exact) mass is 263 g/mol. The molecule has 17 heavy (non-hydrogen) atoms. The van der Waals surface area contributed by atoms with Crippen molar-refractivity contribution in [1.29, 1.82) is 0 Å². The van der Waals surface area contributed by atoms with E-state index in [1.54, 1.807) is 11.9 Å². The van der Waals surface area contributed by atoms with Gasteiger partial charge in [0.2, 0.25) is 11.8 Å². The largest absolute Gasteiger partial charge is 0.355 e. The highest BCUT2D eigenvalue weighted by Gasteiger charge is 2.31. The van der Waals surface area contributed by atoms with Gasteiger partial charge >= 0.3 is 0 Å². The van der Waals surface area contributed by atoms with Gasteiger partial charge in [-0.3, -0.25) is 9.59 Å². The Balaban J connectivity index is 0.00000256. The van der Waals surface area contributed by atoms with Crippen LogP contribution < -0.4 is 11.1 Å². The molecule has 1 atom stereocenters. The number of carbonyl (C=O) groups excluding carboxylic acids is 2. The summed E-state index contributed by atoms with van der Waals surface area (Å²) in [7, 11) is 1.77. The first kappa shape index (κ1) is 16.2. The zero-order chi connectivity index (χ0) is 12.3. The summed E-state index contributed by atoms with van der Waals surface area (Å²) in [5.41, 5.74) is 5.54. The van der Waals surface area contributed by atoms with Crippen molar-refractivity contribution in [2.75, 3.05) is 26.7 Å². The standard InChI is InChI=1S/C11H21N3O2.ClH/c1-11(2,6-12)7-14(3)10(16)8-4-9(15)13-5-8;/h8H,4-7,12H2,1-3H3,(H,13,15);1H. The van der Waals surface area contributed by atoms with Crippen molar-refractivity contribution in [3.8, 4) is 0 Å². The van der Waals surface area contributed by atoms with Crippen LogP contribution in [-0.4, -0.2) is 43.4 Å². The minimum Gasteiger partial charge on any atom is -0.355 e. The third kappa shape index (κ3) is 4.52. The average molecular weight is 264 g/mol. The van der Waals surface area contributed by atoms with E-state index in [1.165, 1.54) is 0 Å². The number of rotatable bonds is 4. The number of hydrogen-bond donors (Lipinski definition) is 2. The smallest absolute Gasteiger partial charge is 0.227 e. The number of nitrogens with zero attached hydrogens (tertiary/aromatic N) is 1. The van der Waals surface area contributed by atoms with Crippen LogP contribution >= 0.6 is 12.4 Å². The van der Waals surface area contributed by atoms with Gasteiger partial charge in [-0.25, -0.2) is 0 Å². The van der Waals surface area contributed by atoms with Crippen molar-refractivity contribution < 1.29 is 9.59 Å². The fraction of sp³-hybridized carbons (Fsp3) is 0.818. The van der Waals surface area contributed by atoms with Gasteiger partial charge in [-0.05, 0) is 12.0 Å². The van der Waals surface area contributed by atoms with Crippen molar-refractivity contribution in [3.63, 3.8) is 0 Å². The summed E-state index contributed by atoms with van der Waals surface area (Å²) in [5, 5.41) is 2.67. The first-order valence-electron chi connectivity index (χ1n) is 5.57. The molecule has 0 aromatic carbocycles. The number of nitrogens with two attached hydrogens (primary N) is 1. The summed E-state index contributed by atoms with van der Waals surface area (Å²) in [6.45, 7) is 5.66. The number of amides is 2. The van der Waals surface area contributed by atoms with Crippen molar-refractivity contribution in [2.24, 2.45) is 17.1 Å². The van der Waals surface area contributed by atoms with E-state index in [4.69, 9.17) is 5.73 Å². The summed E-state index contributed by atoms with van der Waals surface area (Å²) in [6.07, 6.45) is 0.312. The molecule has 1 rings (SSSR count). The molecule has 1 saturated heterocycles. The van der Waals surface area contributed by atoms with Crippen LogP contribution in [0.2, 0.25) is 0 Å². The summed E-state index contributed by atoms with van der Waals surface area (Å²) in [4.78, 5) is 24.7. The van der Waals surface area contributed by atoms with Crippen LogP contribution in [0.4, 0.5) is 0 Å². The highest BCUT2D eigenvalue weighted by atomic mass is 35.5. The van der Waals surface area contributed by atoms with Gasteiger partial charge in [0.25, 0.3) is 0 Å². The maximum Gasteiger partial charge on any atom is 0.227 e. The molecule has 5 nitrogen and oxygen atoms in total. The van der Waals surface area contributed by atoms with E-state index >= 15 is 0 Å². The van der Waals surface area contributed by atoms with Crippen LogP contribution in [0.25, 0.3) is 0 Å². The molecule has 0 bridgehead atoms. The molecule has 1 aliphatic heterocycles. The molecule has 6 heteroatoms. The fourth-order valence-corrected chi connectivity index (χ4v) is 1.88. The quantitative estimate of drug-likeness (QED) is 0.749. The number of nitrogens with one attached hydrogen (secondary N) is 1. The molecule has 0 aromatic heterocycles. The molecular weight excluding hydrogens is 242 g/mol. The van der Waals surface area contributed by atoms with Crippen molar-refractivity contribution in [2.45, 2.75) is 20.3 Å². The number of carbonyl (C=O) groups is 2. The van der Waals surface area contributed by atoms with Crippen LogP contribution in [0.1, 0.15) is 20.3 Å². The summed E-state index contributed by atoms with van der Waals surface area (Å²) >= 11 is 0. The van der Waals surface area contributed by atoms with Gasteiger partial charge in [-0.2, -0.15) is 0 Å². The van der Waals surface area contributed by atoms with Crippen LogP contribution in [0, 0.1) is 11.3 Å². The van der Waals surface area contributed by atoms with E-state index in [9.17, 15) is 9.59 Å². The van der Waals surface area contributed by atoms with E-state index < -0.39 is 0 Å². The molecule has 0 radical (unpaired) electrons. The Morgan fingerprint density at radius 3 is 2.59 bits per heavy atom. The molecule has 0 aliphatic carbocycles. The highest BCUT2D eigenvalue weighted by molar-refractivity contribution is 5.89. The van der Waals surface area contributed by atoms with E-state index in [2.05, 4.69) is 5.32 Å². The van der Waals surface area contributed by atoms with Crippen molar-refractivity contribution in [1.82, 2.24) is 10.2 Å². The Labute approximate surface area is 109 Å². The molecule has 1 heterocycles. The summed E-state index contributed by atoms with van der Waals surface area (Å²) in [6, 6.07) is 0. The topological polar surface area (TPSA) is 75.4 Å². The molecule has 3 N–H and O–H groups in total. The van der Waals surface area contributed by atoms with Crippen molar-refractivity contribution in [3.05, 3.63) is 0 Å². The van der Waals surface area contributed by atoms with Crippen molar-refractivity contribution >= 4 is 24.2 Å². The van der Waals surface area contributed by atoms with Gasteiger partial charge in [0, 0.05) is 26.6 Å². The molecule has 1 aliphatic rings. The molecule has 0 aromatic rings. The second kappa shape index (κ2) is 6.21. The third-order valence-electron chi connectivity index (χ3n) is 2.92. The van der Waals surface area contributed by atoms with E-state index in [1.807, 2.05) is 13.8 Å². The molecular formula is C11H22ClN3O2. The van der Waals surface area contributed by atoms with Gasteiger partial charge in [-0.1, -0.05) is 13.8 Å². The molecule has 100 valence electrons. The van der Waals surface area contributed by atoms with Gasteiger partial charge in [-0.15, -0.1) is 12.4 Å². The minimum absolute atomic E-state index is 0. The molecule has 2 amide bonds. The van der Waals surface area contributed by atoms with Gasteiger partial charge in [0.05, 0.1) is 5.92 Å². The second-order valence-corrected chi connectivity index (χ2v) is 5.27. The second-order valence-electron chi connectivity index (χ2n) is 5.27. The first-order chi connectivity index (χ1) is 7.35. The Morgan fingerprint density at radius 2 is 2.18 bits per heavy atom. The predicted octanol–water partition coefficient (Wildman–Crippen LogP) is -0.0124. The van der Waals surface area contributed by atoms with E-state index in [-0.39, 0.29) is 35.6 Å². The predicted molar refractivity (Wildman–Crippen MR) is 68.8 cm³/mol. The lowest BCUT2D eigenvalue weighted by molar-refractivity contribution is -0.135. The molecule has 1 fully saturated rings. The van der Waals surface area contributed by atoms with Gasteiger partial charge in [0.1, 0.15) is 0 Å². The Morgan fingerprint density at radius 1 is 1.59 bits per heavy atom. The average Bonchev–Trinajstić information content (AvgIpc) is 2.63. The maximum atomic E-state index is 12.0. The number of hydrogen-bond acceptors (Lipinski definition) is 3. The zero-order valence-corrected chi connectivity index (χ0v) is 11.5. The number of halogens is 1. The highest BCUT2D eigenvalue weighted by Crippen LogP contribution is 2.17. The summed E-state index contributed by atoms with van der Waals surface area (Å²) in [5.74, 6) is -0.212. The first-order valence-corrected chi connectivity index (χ1v) is 5.57. The van der Waals surface area contributed by atoms with Crippen LogP contribution in [-0.2, 0) is 9.59 Å². The van der Waals surface area contributed by atoms with Gasteiger partial charge < -0.3 is 16.0 Å². The maximum absolute atomic E-state index is 12.0. The van der Waals surface area contributed by atoms with Crippen LogP contribution in [0.5, 0.6) is 0 Å². The van der Waals surface area contributed by atoms with Crippen LogP contribution in [0.15, 0.2) is 0 Å². The minimum atomic E-state index is -0.203.